The summed E-state index contributed by atoms with van der Waals surface area (Å²) >= 11 is 0. The van der Waals surface area contributed by atoms with Gasteiger partial charge in [0.25, 0.3) is 0 Å². The third-order valence-corrected chi connectivity index (χ3v) is 5.24. The van der Waals surface area contributed by atoms with Crippen LogP contribution in [0.15, 0.2) is 83.3 Å². The van der Waals surface area contributed by atoms with E-state index in [2.05, 4.69) is 70.8 Å². The van der Waals surface area contributed by atoms with Crippen LogP contribution in [0.5, 0.6) is 5.75 Å². The molecule has 0 radical (unpaired) electrons. The Morgan fingerprint density at radius 1 is 0.931 bits per heavy atom. The van der Waals surface area contributed by atoms with Crippen LogP contribution in [0.3, 0.4) is 0 Å². The molecule has 4 nitrogen and oxygen atoms in total. The summed E-state index contributed by atoms with van der Waals surface area (Å²) in [6, 6.07) is 27.0. The molecule has 0 amide bonds. The lowest BCUT2D eigenvalue weighted by atomic mass is 10.2. The topological polar surface area (TPSA) is 31.2 Å². The molecule has 2 heterocycles. The summed E-state index contributed by atoms with van der Waals surface area (Å²) in [5.74, 6) is 2.68. The minimum atomic E-state index is 0. The molecule has 0 fully saturated rings. The number of imidazole rings is 1. The molecule has 0 aliphatic rings. The molecule has 2 aromatic heterocycles. The van der Waals surface area contributed by atoms with E-state index in [0.717, 1.165) is 34.8 Å². The fraction of sp³-hybridized carbons (Fsp3) is 0.125. The van der Waals surface area contributed by atoms with Gasteiger partial charge in [0.05, 0.1) is 14.2 Å². The second-order valence-electron chi connectivity index (χ2n) is 6.96. The second-order valence-corrected chi connectivity index (χ2v) is 6.96. The van der Waals surface area contributed by atoms with E-state index in [4.69, 9.17) is 9.15 Å². The van der Waals surface area contributed by atoms with Crippen molar-refractivity contribution in [1.29, 1.82) is 0 Å². The summed E-state index contributed by atoms with van der Waals surface area (Å²) in [5, 5.41) is 1.06. The van der Waals surface area contributed by atoms with Gasteiger partial charge in [-0.3, -0.25) is 0 Å². The number of methoxy groups -OCH3 is 1. The van der Waals surface area contributed by atoms with Crippen LogP contribution in [0, 0.1) is 0 Å². The minimum Gasteiger partial charge on any atom is -1.00 e. The van der Waals surface area contributed by atoms with E-state index in [9.17, 15) is 0 Å². The van der Waals surface area contributed by atoms with Crippen molar-refractivity contribution in [3.8, 4) is 17.3 Å². The van der Waals surface area contributed by atoms with E-state index in [-0.39, 0.29) is 12.4 Å². The number of halogens is 1. The van der Waals surface area contributed by atoms with Gasteiger partial charge in [0.1, 0.15) is 17.9 Å². The number of aryl methyl sites for hydroxylation is 1. The van der Waals surface area contributed by atoms with Gasteiger partial charge in [-0.05, 0) is 29.8 Å². The number of para-hydroxylation sites is 2. The second kappa shape index (κ2) is 7.64. The maximum Gasteiger partial charge on any atom is 0.326 e. The maximum atomic E-state index is 6.26. The third-order valence-electron chi connectivity index (χ3n) is 5.24. The Bertz CT molecular complexity index is 1290. The van der Waals surface area contributed by atoms with Gasteiger partial charge in [-0.2, -0.15) is 0 Å². The molecule has 0 aliphatic carbocycles. The van der Waals surface area contributed by atoms with Crippen LogP contribution in [0.4, 0.5) is 0 Å². The molecular weight excluding hydrogens is 384 g/mol. The van der Waals surface area contributed by atoms with Crippen LogP contribution >= 0.6 is 0 Å². The van der Waals surface area contributed by atoms with E-state index < -0.39 is 0 Å². The van der Waals surface area contributed by atoms with Crippen molar-refractivity contribution in [2.75, 3.05) is 7.11 Å². The summed E-state index contributed by atoms with van der Waals surface area (Å²) in [7, 11) is 3.76. The Kier molecular flexibility index (Phi) is 5.03. The highest BCUT2D eigenvalue weighted by Gasteiger charge is 2.27. The first kappa shape index (κ1) is 19.1. The SMILES string of the molecule is COc1ccc2cc(-c3n(Cc4ccccc4)c4ccccc4[n+]3C)oc2c1.[Cl-]. The van der Waals surface area contributed by atoms with E-state index in [0.29, 0.717) is 0 Å². The van der Waals surface area contributed by atoms with Crippen molar-refractivity contribution < 1.29 is 26.1 Å². The van der Waals surface area contributed by atoms with Crippen LogP contribution in [0.1, 0.15) is 5.56 Å². The number of furan rings is 1. The van der Waals surface area contributed by atoms with Gasteiger partial charge in [-0.25, -0.2) is 9.13 Å². The van der Waals surface area contributed by atoms with Crippen LogP contribution in [0.2, 0.25) is 0 Å². The molecule has 5 aromatic rings. The Balaban J connectivity index is 0.00000205. The van der Waals surface area contributed by atoms with Gasteiger partial charge in [0, 0.05) is 17.5 Å². The summed E-state index contributed by atoms with van der Waals surface area (Å²) in [4.78, 5) is 0. The number of ether oxygens (including phenoxy) is 1. The van der Waals surface area contributed by atoms with Crippen LogP contribution in [-0.2, 0) is 13.6 Å². The highest BCUT2D eigenvalue weighted by atomic mass is 35.5. The van der Waals surface area contributed by atoms with Crippen LogP contribution in [0.25, 0.3) is 33.6 Å². The number of benzene rings is 3. The molecule has 0 bridgehead atoms. The zero-order valence-electron chi connectivity index (χ0n) is 16.3. The number of aromatic nitrogens is 2. The molecule has 3 aromatic carbocycles. The lowest BCUT2D eigenvalue weighted by molar-refractivity contribution is -0.634. The van der Waals surface area contributed by atoms with Crippen LogP contribution in [-0.4, -0.2) is 11.7 Å². The first-order chi connectivity index (χ1) is 13.7. The number of fused-ring (bicyclic) bond motifs is 2. The molecule has 0 spiro atoms. The van der Waals surface area contributed by atoms with Gasteiger partial charge in [0.15, 0.2) is 11.0 Å². The summed E-state index contributed by atoms with van der Waals surface area (Å²) < 4.78 is 16.1. The quantitative estimate of drug-likeness (QED) is 0.429. The van der Waals surface area contributed by atoms with Gasteiger partial charge in [-0.15, -0.1) is 0 Å². The molecule has 0 aliphatic heterocycles. The van der Waals surface area contributed by atoms with Crippen molar-refractivity contribution in [2.45, 2.75) is 6.54 Å². The first-order valence-corrected chi connectivity index (χ1v) is 9.34. The van der Waals surface area contributed by atoms with Crippen molar-refractivity contribution >= 4 is 22.0 Å². The summed E-state index contributed by atoms with van der Waals surface area (Å²) in [5.41, 5.74) is 4.43. The fourth-order valence-electron chi connectivity index (χ4n) is 3.86. The molecule has 0 unspecified atom stereocenters. The Labute approximate surface area is 175 Å². The largest absolute Gasteiger partial charge is 1.00 e. The highest BCUT2D eigenvalue weighted by molar-refractivity contribution is 5.84. The molecule has 0 atom stereocenters. The van der Waals surface area contributed by atoms with Crippen molar-refractivity contribution in [3.63, 3.8) is 0 Å². The zero-order valence-corrected chi connectivity index (χ0v) is 17.1. The standard InChI is InChI=1S/C24H21N2O2.ClH/c1-25-20-10-6-7-11-21(20)26(16-17-8-4-3-5-9-17)24(25)23-14-18-12-13-19(27-2)15-22(18)28-23;/h3-15H,16H2,1-2H3;1H/q+1;/p-1. The number of hydrogen-bond acceptors (Lipinski definition) is 2. The van der Waals surface area contributed by atoms with E-state index in [1.54, 1.807) is 7.11 Å². The van der Waals surface area contributed by atoms with Gasteiger partial charge in [0.2, 0.25) is 5.76 Å². The molecule has 146 valence electrons. The van der Waals surface area contributed by atoms with Gasteiger partial charge < -0.3 is 21.6 Å². The average molecular weight is 405 g/mol. The summed E-state index contributed by atoms with van der Waals surface area (Å²) in [6.07, 6.45) is 0. The molecular formula is C24H21ClN2O2. The summed E-state index contributed by atoms with van der Waals surface area (Å²) in [6.45, 7) is 0.776. The van der Waals surface area contributed by atoms with Crippen molar-refractivity contribution in [2.24, 2.45) is 7.05 Å². The molecule has 0 N–H and O–H groups in total. The predicted molar refractivity (Wildman–Crippen MR) is 110 cm³/mol. The van der Waals surface area contributed by atoms with Crippen molar-refractivity contribution in [3.05, 3.63) is 84.4 Å². The lowest BCUT2D eigenvalue weighted by Gasteiger charge is -2.02. The molecule has 0 saturated heterocycles. The number of rotatable bonds is 4. The first-order valence-electron chi connectivity index (χ1n) is 9.34. The van der Waals surface area contributed by atoms with Gasteiger partial charge in [-0.1, -0.05) is 42.5 Å². The van der Waals surface area contributed by atoms with Gasteiger partial charge >= 0.3 is 5.82 Å². The average Bonchev–Trinajstić information content (AvgIpc) is 3.27. The molecule has 5 rings (SSSR count). The maximum absolute atomic E-state index is 6.26. The fourth-order valence-corrected chi connectivity index (χ4v) is 3.86. The smallest absolute Gasteiger partial charge is 0.326 e. The monoisotopic (exact) mass is 404 g/mol. The molecule has 0 saturated carbocycles. The van der Waals surface area contributed by atoms with E-state index >= 15 is 0 Å². The number of nitrogens with zero attached hydrogens (tertiary/aromatic N) is 2. The number of hydrogen-bond donors (Lipinski definition) is 0. The Morgan fingerprint density at radius 2 is 1.69 bits per heavy atom. The molecule has 5 heteroatoms. The Morgan fingerprint density at radius 3 is 2.48 bits per heavy atom. The zero-order chi connectivity index (χ0) is 19.1. The lowest BCUT2D eigenvalue weighted by Crippen LogP contribution is -3.00. The van der Waals surface area contributed by atoms with E-state index in [1.165, 1.54) is 16.6 Å². The minimum absolute atomic E-state index is 0. The highest BCUT2D eigenvalue weighted by Crippen LogP contribution is 2.31. The van der Waals surface area contributed by atoms with Crippen molar-refractivity contribution in [1.82, 2.24) is 4.57 Å². The normalized spacial score (nSPS) is 11.0. The van der Waals surface area contributed by atoms with E-state index in [1.807, 2.05) is 24.3 Å². The molecule has 29 heavy (non-hydrogen) atoms. The van der Waals surface area contributed by atoms with Crippen LogP contribution < -0.4 is 21.7 Å². The third kappa shape index (κ3) is 3.26. The Hall–Kier alpha value is -3.24. The predicted octanol–water partition coefficient (Wildman–Crippen LogP) is 1.94.